The zero-order chi connectivity index (χ0) is 23.4. The fourth-order valence-electron chi connectivity index (χ4n) is 3.23. The van der Waals surface area contributed by atoms with Gasteiger partial charge in [-0.2, -0.15) is 0 Å². The van der Waals surface area contributed by atoms with Crippen molar-refractivity contribution in [3.63, 3.8) is 0 Å². The molecule has 1 N–H and O–H groups in total. The maximum absolute atomic E-state index is 11.9. The van der Waals surface area contributed by atoms with E-state index in [1.165, 1.54) is 19.2 Å². The van der Waals surface area contributed by atoms with Gasteiger partial charge < -0.3 is 9.47 Å². The van der Waals surface area contributed by atoms with Crippen LogP contribution < -0.4 is 14.2 Å². The van der Waals surface area contributed by atoms with Crippen LogP contribution in [0.25, 0.3) is 11.3 Å². The Morgan fingerprint density at radius 2 is 1.85 bits per heavy atom. The standard InChI is InChI=1S/C24H25N3O5S/c1-16-22(25-15-26-24(16)32-14-17-6-7-17)20-4-3-5-21(12-20)31-13-18-8-10-19(11-9-18)23(28)27-33(2,29)30/h3-5,8-12,15,17H,6-7,13-14H2,1-2H3,(H,27,28). The Labute approximate surface area is 193 Å². The van der Waals surface area contributed by atoms with Crippen LogP contribution >= 0.6 is 0 Å². The molecule has 1 aliphatic rings. The molecule has 4 rings (SSSR count). The summed E-state index contributed by atoms with van der Waals surface area (Å²) in [5, 5.41) is 0. The van der Waals surface area contributed by atoms with Crippen molar-refractivity contribution in [3.05, 3.63) is 71.5 Å². The van der Waals surface area contributed by atoms with Crippen molar-refractivity contribution in [2.75, 3.05) is 12.9 Å². The van der Waals surface area contributed by atoms with Crippen molar-refractivity contribution in [1.82, 2.24) is 14.7 Å². The molecule has 1 saturated carbocycles. The monoisotopic (exact) mass is 467 g/mol. The SMILES string of the molecule is Cc1c(OCC2CC2)ncnc1-c1cccc(OCc2ccc(C(=O)NS(C)(=O)=O)cc2)c1. The van der Waals surface area contributed by atoms with Gasteiger partial charge in [0, 0.05) is 16.7 Å². The first-order chi connectivity index (χ1) is 15.8. The van der Waals surface area contributed by atoms with Crippen LogP contribution in [0.4, 0.5) is 0 Å². The fraction of sp³-hybridized carbons (Fsp3) is 0.292. The van der Waals surface area contributed by atoms with Gasteiger partial charge in [0.2, 0.25) is 15.9 Å². The van der Waals surface area contributed by atoms with Crippen molar-refractivity contribution < 1.29 is 22.7 Å². The molecule has 0 bridgehead atoms. The van der Waals surface area contributed by atoms with Crippen LogP contribution in [0.3, 0.4) is 0 Å². The highest BCUT2D eigenvalue weighted by Crippen LogP contribution is 2.32. The van der Waals surface area contributed by atoms with Gasteiger partial charge in [-0.25, -0.2) is 23.1 Å². The Balaban J connectivity index is 1.41. The zero-order valence-corrected chi connectivity index (χ0v) is 19.3. The summed E-state index contributed by atoms with van der Waals surface area (Å²) in [5.41, 5.74) is 3.67. The van der Waals surface area contributed by atoms with Gasteiger partial charge in [0.25, 0.3) is 5.91 Å². The number of hydrogen-bond donors (Lipinski definition) is 1. The van der Waals surface area contributed by atoms with Crippen LogP contribution in [0.1, 0.15) is 34.3 Å². The average molecular weight is 468 g/mol. The maximum Gasteiger partial charge on any atom is 0.264 e. The van der Waals surface area contributed by atoms with Gasteiger partial charge in [-0.05, 0) is 55.5 Å². The second kappa shape index (κ2) is 9.58. The summed E-state index contributed by atoms with van der Waals surface area (Å²) in [6.07, 6.45) is 4.88. The molecule has 0 radical (unpaired) electrons. The second-order valence-electron chi connectivity index (χ2n) is 8.12. The summed E-state index contributed by atoms with van der Waals surface area (Å²) < 4.78 is 36.1. The van der Waals surface area contributed by atoms with Crippen LogP contribution in [-0.2, 0) is 16.6 Å². The Morgan fingerprint density at radius 3 is 2.55 bits per heavy atom. The Bertz CT molecular complexity index is 1260. The van der Waals surface area contributed by atoms with E-state index in [-0.39, 0.29) is 12.2 Å². The van der Waals surface area contributed by atoms with Crippen LogP contribution in [0, 0.1) is 12.8 Å². The number of nitrogens with zero attached hydrogens (tertiary/aromatic N) is 2. The van der Waals surface area contributed by atoms with Gasteiger partial charge in [0.05, 0.1) is 18.6 Å². The van der Waals surface area contributed by atoms with E-state index >= 15 is 0 Å². The normalized spacial score (nSPS) is 13.4. The largest absolute Gasteiger partial charge is 0.489 e. The first-order valence-corrected chi connectivity index (χ1v) is 12.5. The van der Waals surface area contributed by atoms with Crippen molar-refractivity contribution >= 4 is 15.9 Å². The molecule has 8 nitrogen and oxygen atoms in total. The third kappa shape index (κ3) is 6.29. The summed E-state index contributed by atoms with van der Waals surface area (Å²) in [5.74, 6) is 1.25. The molecule has 0 aliphatic heterocycles. The molecular formula is C24H25N3O5S. The number of aromatic nitrogens is 2. The number of carbonyl (C=O) groups excluding carboxylic acids is 1. The third-order valence-electron chi connectivity index (χ3n) is 5.20. The van der Waals surface area contributed by atoms with Crippen molar-refractivity contribution in [1.29, 1.82) is 0 Å². The van der Waals surface area contributed by atoms with E-state index in [9.17, 15) is 13.2 Å². The third-order valence-corrected chi connectivity index (χ3v) is 5.75. The number of amides is 1. The van der Waals surface area contributed by atoms with E-state index in [0.29, 0.717) is 24.2 Å². The molecule has 9 heteroatoms. The molecule has 3 aromatic rings. The van der Waals surface area contributed by atoms with Crippen molar-refractivity contribution in [3.8, 4) is 22.9 Å². The van der Waals surface area contributed by atoms with E-state index in [0.717, 1.165) is 28.6 Å². The van der Waals surface area contributed by atoms with Gasteiger partial charge in [-0.3, -0.25) is 4.79 Å². The zero-order valence-electron chi connectivity index (χ0n) is 18.4. The summed E-state index contributed by atoms with van der Waals surface area (Å²) in [7, 11) is -3.61. The van der Waals surface area contributed by atoms with Gasteiger partial charge >= 0.3 is 0 Å². The summed E-state index contributed by atoms with van der Waals surface area (Å²) in [6.45, 7) is 2.93. The van der Waals surface area contributed by atoms with E-state index in [2.05, 4.69) is 9.97 Å². The fourth-order valence-corrected chi connectivity index (χ4v) is 3.69. The van der Waals surface area contributed by atoms with Crippen LogP contribution in [0.2, 0.25) is 0 Å². The molecule has 2 aromatic carbocycles. The van der Waals surface area contributed by atoms with Crippen LogP contribution in [-0.4, -0.2) is 37.2 Å². The molecular weight excluding hydrogens is 442 g/mol. The van der Waals surface area contributed by atoms with Gasteiger partial charge in [0.1, 0.15) is 18.7 Å². The van der Waals surface area contributed by atoms with Crippen LogP contribution in [0.15, 0.2) is 54.9 Å². The topological polar surface area (TPSA) is 107 Å². The minimum Gasteiger partial charge on any atom is -0.489 e. The Morgan fingerprint density at radius 1 is 1.09 bits per heavy atom. The summed E-state index contributed by atoms with van der Waals surface area (Å²) in [6, 6.07) is 14.2. The lowest BCUT2D eigenvalue weighted by Crippen LogP contribution is -2.29. The quantitative estimate of drug-likeness (QED) is 0.513. The Hall–Kier alpha value is -3.46. The molecule has 0 atom stereocenters. The molecule has 1 aromatic heterocycles. The molecule has 0 spiro atoms. The number of rotatable bonds is 9. The van der Waals surface area contributed by atoms with E-state index in [4.69, 9.17) is 9.47 Å². The van der Waals surface area contributed by atoms with Crippen molar-refractivity contribution in [2.24, 2.45) is 5.92 Å². The highest BCUT2D eigenvalue weighted by atomic mass is 32.2. The number of ether oxygens (including phenoxy) is 2. The number of benzene rings is 2. The molecule has 0 unspecified atom stereocenters. The van der Waals surface area contributed by atoms with Gasteiger partial charge in [-0.1, -0.05) is 24.3 Å². The number of nitrogens with one attached hydrogen (secondary N) is 1. The van der Waals surface area contributed by atoms with Crippen molar-refractivity contribution in [2.45, 2.75) is 26.4 Å². The summed E-state index contributed by atoms with van der Waals surface area (Å²) in [4.78, 5) is 20.6. The maximum atomic E-state index is 11.9. The van der Waals surface area contributed by atoms with E-state index in [1.807, 2.05) is 35.9 Å². The predicted molar refractivity (Wildman–Crippen MR) is 124 cm³/mol. The Kier molecular flexibility index (Phi) is 6.60. The number of sulfonamides is 1. The first-order valence-electron chi connectivity index (χ1n) is 10.6. The van der Waals surface area contributed by atoms with Gasteiger partial charge in [0.15, 0.2) is 0 Å². The number of hydrogen-bond acceptors (Lipinski definition) is 7. The molecule has 1 fully saturated rings. The lowest BCUT2D eigenvalue weighted by molar-refractivity contribution is 0.0981. The minimum absolute atomic E-state index is 0.255. The smallest absolute Gasteiger partial charge is 0.264 e. The minimum atomic E-state index is -3.61. The first kappa shape index (κ1) is 22.7. The highest BCUT2D eigenvalue weighted by Gasteiger charge is 2.23. The molecule has 172 valence electrons. The predicted octanol–water partition coefficient (Wildman–Crippen LogP) is 3.51. The molecule has 1 heterocycles. The van der Waals surface area contributed by atoms with Crippen LogP contribution in [0.5, 0.6) is 11.6 Å². The van der Waals surface area contributed by atoms with E-state index in [1.54, 1.807) is 24.3 Å². The number of carbonyl (C=O) groups is 1. The van der Waals surface area contributed by atoms with E-state index < -0.39 is 15.9 Å². The lowest BCUT2D eigenvalue weighted by atomic mass is 10.1. The lowest BCUT2D eigenvalue weighted by Gasteiger charge is -2.12. The summed E-state index contributed by atoms with van der Waals surface area (Å²) >= 11 is 0. The molecule has 33 heavy (non-hydrogen) atoms. The highest BCUT2D eigenvalue weighted by molar-refractivity contribution is 7.89. The van der Waals surface area contributed by atoms with Gasteiger partial charge in [-0.15, -0.1) is 0 Å². The molecule has 1 amide bonds. The second-order valence-corrected chi connectivity index (χ2v) is 9.87. The molecule has 1 aliphatic carbocycles. The molecule has 0 saturated heterocycles. The average Bonchev–Trinajstić information content (AvgIpc) is 3.61.